The van der Waals surface area contributed by atoms with Gasteiger partial charge < -0.3 is 4.98 Å². The van der Waals surface area contributed by atoms with Crippen LogP contribution in [0.5, 0.6) is 0 Å². The molecule has 0 aliphatic carbocycles. The Bertz CT molecular complexity index is 1310. The first-order valence-electron chi connectivity index (χ1n) is 7.53. The number of nitrogens with one attached hydrogen (secondary N) is 1. The van der Waals surface area contributed by atoms with Crippen molar-refractivity contribution >= 4 is 61.1 Å². The predicted molar refractivity (Wildman–Crippen MR) is 106 cm³/mol. The molecule has 26 heavy (non-hydrogen) atoms. The number of nitrogens with zero attached hydrogens (tertiary/aromatic N) is 2. The van der Waals surface area contributed by atoms with E-state index in [4.69, 9.17) is 23.8 Å². The van der Waals surface area contributed by atoms with E-state index in [9.17, 15) is 14.9 Å². The lowest BCUT2D eigenvalue weighted by Gasteiger charge is -2.08. The van der Waals surface area contributed by atoms with E-state index in [1.165, 1.54) is 28.0 Å². The number of H-pyrrole nitrogens is 1. The third-order valence-electron chi connectivity index (χ3n) is 4.09. The number of non-ortho nitro benzene ring substituents is 1. The van der Waals surface area contributed by atoms with Crippen LogP contribution in [0.15, 0.2) is 47.3 Å². The maximum absolute atomic E-state index is 13.0. The van der Waals surface area contributed by atoms with Crippen LogP contribution in [0.4, 0.5) is 5.69 Å². The molecule has 0 fully saturated rings. The van der Waals surface area contributed by atoms with Crippen molar-refractivity contribution in [2.45, 2.75) is 6.54 Å². The lowest BCUT2D eigenvalue weighted by molar-refractivity contribution is -0.384. The first-order chi connectivity index (χ1) is 12.5. The summed E-state index contributed by atoms with van der Waals surface area (Å²) in [5.41, 5.74) is 1.04. The minimum Gasteiger partial charge on any atom is -0.330 e. The third kappa shape index (κ3) is 2.72. The number of thiophene rings is 1. The second-order valence-corrected chi connectivity index (χ2v) is 7.50. The van der Waals surface area contributed by atoms with Gasteiger partial charge in [-0.15, -0.1) is 11.3 Å². The Balaban J connectivity index is 1.96. The molecule has 0 atom stereocenters. The summed E-state index contributed by atoms with van der Waals surface area (Å²) in [5, 5.41) is 12.2. The molecule has 0 unspecified atom stereocenters. The molecule has 0 saturated heterocycles. The summed E-state index contributed by atoms with van der Waals surface area (Å²) in [7, 11) is 0. The fourth-order valence-corrected chi connectivity index (χ4v) is 4.34. The second kappa shape index (κ2) is 6.31. The van der Waals surface area contributed by atoms with Gasteiger partial charge in [-0.3, -0.25) is 19.5 Å². The molecule has 0 bridgehead atoms. The van der Waals surface area contributed by atoms with Crippen molar-refractivity contribution in [1.82, 2.24) is 9.55 Å². The van der Waals surface area contributed by atoms with E-state index in [1.807, 2.05) is 18.2 Å². The molecule has 0 radical (unpaired) electrons. The number of halogens is 1. The fraction of sp³-hybridized carbons (Fsp3) is 0.0588. The van der Waals surface area contributed by atoms with Crippen LogP contribution >= 0.6 is 35.2 Å². The normalized spacial score (nSPS) is 11.3. The molecule has 6 nitrogen and oxygen atoms in total. The summed E-state index contributed by atoms with van der Waals surface area (Å²) in [6.07, 6.45) is 0. The molecule has 4 aromatic rings. The number of fused-ring (bicyclic) bond motifs is 3. The number of aromatic amines is 1. The molecule has 0 spiro atoms. The first-order valence-corrected chi connectivity index (χ1v) is 9.13. The zero-order chi connectivity index (χ0) is 18.4. The van der Waals surface area contributed by atoms with Gasteiger partial charge in [0.05, 0.1) is 17.0 Å². The van der Waals surface area contributed by atoms with E-state index in [0.29, 0.717) is 20.6 Å². The van der Waals surface area contributed by atoms with Gasteiger partial charge in [0.2, 0.25) is 0 Å². The Kier molecular flexibility index (Phi) is 4.10. The molecule has 2 aromatic carbocycles. The third-order valence-corrected chi connectivity index (χ3v) is 5.94. The van der Waals surface area contributed by atoms with Crippen molar-refractivity contribution in [2.75, 3.05) is 0 Å². The van der Waals surface area contributed by atoms with Gasteiger partial charge in [0.25, 0.3) is 11.2 Å². The van der Waals surface area contributed by atoms with Crippen molar-refractivity contribution in [3.63, 3.8) is 0 Å². The Morgan fingerprint density at radius 2 is 2.04 bits per heavy atom. The van der Waals surface area contributed by atoms with Crippen molar-refractivity contribution in [2.24, 2.45) is 0 Å². The maximum atomic E-state index is 13.0. The molecule has 2 heterocycles. The van der Waals surface area contributed by atoms with Crippen LogP contribution in [-0.4, -0.2) is 14.5 Å². The summed E-state index contributed by atoms with van der Waals surface area (Å²) in [5.74, 6) is 0. The van der Waals surface area contributed by atoms with Crippen LogP contribution in [-0.2, 0) is 6.54 Å². The number of nitro groups is 1. The number of nitro benzene ring substituents is 1. The van der Waals surface area contributed by atoms with Crippen LogP contribution in [0.3, 0.4) is 0 Å². The van der Waals surface area contributed by atoms with E-state index >= 15 is 0 Å². The summed E-state index contributed by atoms with van der Waals surface area (Å²) in [6, 6.07) is 11.8. The SMILES string of the molecule is O=c1c2sc3ccc([N+](=O)[O-])cc3c2[nH]c(=S)n1Cc1ccccc1Cl. The Labute approximate surface area is 160 Å². The van der Waals surface area contributed by atoms with Crippen LogP contribution in [0.25, 0.3) is 20.3 Å². The Morgan fingerprint density at radius 1 is 1.27 bits per heavy atom. The predicted octanol–water partition coefficient (Wildman–Crippen LogP) is 4.88. The number of aromatic nitrogens is 2. The lowest BCUT2D eigenvalue weighted by Crippen LogP contribution is -2.22. The average molecular weight is 404 g/mol. The Morgan fingerprint density at radius 3 is 2.77 bits per heavy atom. The molecular formula is C17H10ClN3O3S2. The number of rotatable bonds is 3. The number of hydrogen-bond acceptors (Lipinski definition) is 5. The first kappa shape index (κ1) is 16.9. The monoisotopic (exact) mass is 403 g/mol. The van der Waals surface area contributed by atoms with E-state index in [1.54, 1.807) is 12.1 Å². The van der Waals surface area contributed by atoms with Crippen LogP contribution < -0.4 is 5.56 Å². The zero-order valence-corrected chi connectivity index (χ0v) is 15.5. The number of benzene rings is 2. The largest absolute Gasteiger partial charge is 0.330 e. The highest BCUT2D eigenvalue weighted by atomic mass is 35.5. The summed E-state index contributed by atoms with van der Waals surface area (Å²) < 4.78 is 2.95. The van der Waals surface area contributed by atoms with Crippen molar-refractivity contribution in [3.8, 4) is 0 Å². The molecule has 0 saturated carbocycles. The second-order valence-electron chi connectivity index (χ2n) is 5.66. The summed E-state index contributed by atoms with van der Waals surface area (Å²) >= 11 is 12.8. The van der Waals surface area contributed by atoms with Gasteiger partial charge in [0, 0.05) is 27.2 Å². The molecule has 1 N–H and O–H groups in total. The van der Waals surface area contributed by atoms with Crippen molar-refractivity contribution in [1.29, 1.82) is 0 Å². The van der Waals surface area contributed by atoms with Crippen LogP contribution in [0, 0.1) is 14.9 Å². The summed E-state index contributed by atoms with van der Waals surface area (Å²) in [4.78, 5) is 26.6. The molecule has 9 heteroatoms. The van der Waals surface area contributed by atoms with Crippen molar-refractivity contribution in [3.05, 3.63) is 78.3 Å². The van der Waals surface area contributed by atoms with Gasteiger partial charge in [-0.2, -0.15) is 0 Å². The number of hydrogen-bond donors (Lipinski definition) is 1. The standard InChI is InChI=1S/C17H10ClN3O3S2/c18-12-4-2-1-3-9(12)8-20-16(22)15-14(19-17(20)25)11-7-10(21(23)24)5-6-13(11)26-15/h1-7H,8H2,(H,19,25). The maximum Gasteiger partial charge on any atom is 0.272 e. The lowest BCUT2D eigenvalue weighted by atomic mass is 10.2. The van der Waals surface area contributed by atoms with Crippen LogP contribution in [0.2, 0.25) is 5.02 Å². The highest BCUT2D eigenvalue weighted by Gasteiger charge is 2.16. The summed E-state index contributed by atoms with van der Waals surface area (Å²) in [6.45, 7) is 0.248. The highest BCUT2D eigenvalue weighted by molar-refractivity contribution is 7.71. The van der Waals surface area contributed by atoms with Gasteiger partial charge >= 0.3 is 0 Å². The molecule has 130 valence electrons. The fourth-order valence-electron chi connectivity index (χ4n) is 2.80. The minimum atomic E-state index is -0.462. The van der Waals surface area contributed by atoms with E-state index in [-0.39, 0.29) is 22.6 Å². The molecular weight excluding hydrogens is 394 g/mol. The molecule has 0 aliphatic rings. The molecule has 0 amide bonds. The van der Waals surface area contributed by atoms with Gasteiger partial charge in [-0.05, 0) is 29.9 Å². The van der Waals surface area contributed by atoms with E-state index in [2.05, 4.69) is 4.98 Å². The zero-order valence-electron chi connectivity index (χ0n) is 13.1. The molecule has 0 aliphatic heterocycles. The smallest absolute Gasteiger partial charge is 0.272 e. The molecule has 4 rings (SSSR count). The van der Waals surface area contributed by atoms with Gasteiger partial charge in [0.1, 0.15) is 4.70 Å². The van der Waals surface area contributed by atoms with E-state index in [0.717, 1.165) is 10.3 Å². The minimum absolute atomic E-state index is 0.0308. The Hall–Kier alpha value is -2.55. The van der Waals surface area contributed by atoms with Gasteiger partial charge in [-0.25, -0.2) is 0 Å². The quantitative estimate of drug-likeness (QED) is 0.300. The van der Waals surface area contributed by atoms with Gasteiger partial charge in [-0.1, -0.05) is 29.8 Å². The van der Waals surface area contributed by atoms with Crippen molar-refractivity contribution < 1.29 is 4.92 Å². The van der Waals surface area contributed by atoms with E-state index < -0.39 is 4.92 Å². The highest BCUT2D eigenvalue weighted by Crippen LogP contribution is 2.33. The topological polar surface area (TPSA) is 80.9 Å². The molecule has 2 aromatic heterocycles. The van der Waals surface area contributed by atoms with Gasteiger partial charge in [0.15, 0.2) is 4.77 Å². The average Bonchev–Trinajstić information content (AvgIpc) is 2.98. The van der Waals surface area contributed by atoms with Crippen LogP contribution in [0.1, 0.15) is 5.56 Å².